The van der Waals surface area contributed by atoms with E-state index in [4.69, 9.17) is 16.3 Å². The molecule has 0 spiro atoms. The Labute approximate surface area is 130 Å². The number of carbonyl (C=O) groups is 1. The van der Waals surface area contributed by atoms with E-state index in [1.165, 1.54) is 0 Å². The second kappa shape index (κ2) is 6.15. The molecule has 1 amide bonds. The van der Waals surface area contributed by atoms with Crippen LogP contribution < -0.4 is 4.90 Å². The lowest BCUT2D eigenvalue weighted by molar-refractivity contribution is -0.136. The van der Waals surface area contributed by atoms with Crippen molar-refractivity contribution in [1.29, 1.82) is 0 Å². The van der Waals surface area contributed by atoms with E-state index in [0.717, 1.165) is 0 Å². The molecular formula is C14H21ClN4O2. The summed E-state index contributed by atoms with van der Waals surface area (Å²) in [4.78, 5) is 24.7. The van der Waals surface area contributed by atoms with Gasteiger partial charge in [0.1, 0.15) is 23.1 Å². The highest BCUT2D eigenvalue weighted by atomic mass is 35.5. The molecule has 0 bridgehead atoms. The Kier molecular flexibility index (Phi) is 4.68. The zero-order valence-electron chi connectivity index (χ0n) is 12.9. The number of rotatable bonds is 4. The summed E-state index contributed by atoms with van der Waals surface area (Å²) in [6.45, 7) is 7.96. The molecule has 1 saturated heterocycles. The van der Waals surface area contributed by atoms with Crippen LogP contribution in [-0.4, -0.2) is 53.1 Å². The first-order valence-electron chi connectivity index (χ1n) is 7.00. The molecule has 0 aliphatic carbocycles. The van der Waals surface area contributed by atoms with Gasteiger partial charge in [-0.1, -0.05) is 11.6 Å². The van der Waals surface area contributed by atoms with Gasteiger partial charge in [0.05, 0.1) is 0 Å². The summed E-state index contributed by atoms with van der Waals surface area (Å²) < 4.78 is 5.33. The van der Waals surface area contributed by atoms with Gasteiger partial charge in [0.25, 0.3) is 0 Å². The number of amides is 1. The molecule has 1 aromatic rings. The molecule has 21 heavy (non-hydrogen) atoms. The molecule has 1 aliphatic rings. The molecular weight excluding hydrogens is 292 g/mol. The zero-order valence-corrected chi connectivity index (χ0v) is 13.6. The lowest BCUT2D eigenvalue weighted by Gasteiger charge is -2.45. The predicted octanol–water partition coefficient (Wildman–Crippen LogP) is 1.72. The Morgan fingerprint density at radius 1 is 1.38 bits per heavy atom. The van der Waals surface area contributed by atoms with Crippen LogP contribution >= 0.6 is 11.6 Å². The molecule has 2 heterocycles. The molecule has 7 heteroatoms. The fourth-order valence-corrected chi connectivity index (χ4v) is 2.66. The number of hydrogen-bond acceptors (Lipinski definition) is 5. The van der Waals surface area contributed by atoms with Crippen LogP contribution in [0.5, 0.6) is 0 Å². The second-order valence-electron chi connectivity index (χ2n) is 5.54. The number of likely N-dealkylation sites (N-methyl/N-ethyl adjacent to an activating group) is 1. The van der Waals surface area contributed by atoms with Gasteiger partial charge in [-0.25, -0.2) is 9.97 Å². The minimum Gasteiger partial charge on any atom is -0.374 e. The molecule has 1 aromatic heterocycles. The number of carbonyl (C=O) groups excluding carboxylic acids is 1. The van der Waals surface area contributed by atoms with E-state index in [2.05, 4.69) is 9.97 Å². The molecule has 2 rings (SSSR count). The van der Waals surface area contributed by atoms with E-state index in [9.17, 15) is 4.79 Å². The summed E-state index contributed by atoms with van der Waals surface area (Å²) in [6.07, 6.45) is 0. The first-order chi connectivity index (χ1) is 9.86. The maximum absolute atomic E-state index is 12.4. The number of piperazine rings is 1. The van der Waals surface area contributed by atoms with Gasteiger partial charge in [-0.05, 0) is 20.8 Å². The van der Waals surface area contributed by atoms with Crippen molar-refractivity contribution in [3.8, 4) is 0 Å². The number of nitrogens with zero attached hydrogens (tertiary/aromatic N) is 4. The maximum Gasteiger partial charge on any atom is 0.247 e. The van der Waals surface area contributed by atoms with Crippen LogP contribution in [-0.2, 0) is 16.1 Å². The van der Waals surface area contributed by atoms with E-state index in [0.29, 0.717) is 43.1 Å². The lowest BCUT2D eigenvalue weighted by atomic mass is 9.98. The third kappa shape index (κ3) is 3.27. The van der Waals surface area contributed by atoms with Crippen LogP contribution in [0.25, 0.3) is 0 Å². The van der Waals surface area contributed by atoms with Crippen LogP contribution in [0.1, 0.15) is 26.6 Å². The average molecular weight is 313 g/mol. The smallest absolute Gasteiger partial charge is 0.247 e. The molecule has 116 valence electrons. The van der Waals surface area contributed by atoms with Crippen molar-refractivity contribution in [3.63, 3.8) is 0 Å². The molecule has 6 nitrogen and oxygen atoms in total. The lowest BCUT2D eigenvalue weighted by Crippen LogP contribution is -2.62. The van der Waals surface area contributed by atoms with Crippen molar-refractivity contribution in [2.75, 3.05) is 31.6 Å². The molecule has 0 aromatic carbocycles. The SMILES string of the molecule is CCOCc1nc(Cl)cc(N2CCN(C)C(=O)C2(C)C)n1. The van der Waals surface area contributed by atoms with Gasteiger partial charge in [0.15, 0.2) is 5.82 Å². The Morgan fingerprint density at radius 2 is 2.10 bits per heavy atom. The fraction of sp³-hybridized carbons (Fsp3) is 0.643. The number of aromatic nitrogens is 2. The van der Waals surface area contributed by atoms with Gasteiger partial charge in [-0.2, -0.15) is 0 Å². The number of halogens is 1. The van der Waals surface area contributed by atoms with Crippen molar-refractivity contribution in [2.45, 2.75) is 32.9 Å². The largest absolute Gasteiger partial charge is 0.374 e. The summed E-state index contributed by atoms with van der Waals surface area (Å²) in [5.41, 5.74) is -0.659. The Balaban J connectivity index is 2.32. The number of anilines is 1. The number of hydrogen-bond donors (Lipinski definition) is 0. The van der Waals surface area contributed by atoms with Gasteiger partial charge in [0, 0.05) is 32.8 Å². The summed E-state index contributed by atoms with van der Waals surface area (Å²) in [5, 5.41) is 0.358. The molecule has 0 atom stereocenters. The summed E-state index contributed by atoms with van der Waals surface area (Å²) in [5.74, 6) is 1.26. The van der Waals surface area contributed by atoms with Crippen molar-refractivity contribution >= 4 is 23.3 Å². The van der Waals surface area contributed by atoms with Crippen LogP contribution in [0.15, 0.2) is 6.07 Å². The Hall–Kier alpha value is -1.40. The summed E-state index contributed by atoms with van der Waals surface area (Å²) in [7, 11) is 1.81. The van der Waals surface area contributed by atoms with Gasteiger partial charge in [0.2, 0.25) is 5.91 Å². The summed E-state index contributed by atoms with van der Waals surface area (Å²) in [6, 6.07) is 1.69. The highest BCUT2D eigenvalue weighted by Gasteiger charge is 2.41. The quantitative estimate of drug-likeness (QED) is 0.792. The van der Waals surface area contributed by atoms with Gasteiger partial charge < -0.3 is 14.5 Å². The van der Waals surface area contributed by atoms with Crippen molar-refractivity contribution in [1.82, 2.24) is 14.9 Å². The van der Waals surface area contributed by atoms with Crippen LogP contribution in [0, 0.1) is 0 Å². The summed E-state index contributed by atoms with van der Waals surface area (Å²) >= 11 is 6.08. The standard InChI is InChI=1S/C14H21ClN4O2/c1-5-21-9-11-16-10(15)8-12(17-11)19-7-6-18(4)13(20)14(19,2)3/h8H,5-7,9H2,1-4H3. The third-order valence-electron chi connectivity index (χ3n) is 3.64. The molecule has 0 N–H and O–H groups in total. The van der Waals surface area contributed by atoms with Gasteiger partial charge in [-0.3, -0.25) is 4.79 Å². The minimum atomic E-state index is -0.659. The van der Waals surface area contributed by atoms with Crippen molar-refractivity contribution in [2.24, 2.45) is 0 Å². The molecule has 0 radical (unpaired) electrons. The van der Waals surface area contributed by atoms with Crippen molar-refractivity contribution < 1.29 is 9.53 Å². The third-order valence-corrected chi connectivity index (χ3v) is 3.84. The second-order valence-corrected chi connectivity index (χ2v) is 5.93. The Morgan fingerprint density at radius 3 is 2.76 bits per heavy atom. The van der Waals surface area contributed by atoms with Crippen LogP contribution in [0.3, 0.4) is 0 Å². The topological polar surface area (TPSA) is 58.6 Å². The normalized spacial score (nSPS) is 18.2. The van der Waals surface area contributed by atoms with Gasteiger partial charge >= 0.3 is 0 Å². The van der Waals surface area contributed by atoms with Crippen LogP contribution in [0.2, 0.25) is 5.15 Å². The molecule has 0 unspecified atom stereocenters. The average Bonchev–Trinajstić information content (AvgIpc) is 2.42. The highest BCUT2D eigenvalue weighted by molar-refractivity contribution is 6.29. The maximum atomic E-state index is 12.4. The highest BCUT2D eigenvalue weighted by Crippen LogP contribution is 2.28. The van der Waals surface area contributed by atoms with E-state index in [1.54, 1.807) is 11.0 Å². The molecule has 1 aliphatic heterocycles. The predicted molar refractivity (Wildman–Crippen MR) is 81.4 cm³/mol. The Bertz CT molecular complexity index is 536. The van der Waals surface area contributed by atoms with Crippen LogP contribution in [0.4, 0.5) is 5.82 Å². The van der Waals surface area contributed by atoms with Gasteiger partial charge in [-0.15, -0.1) is 0 Å². The fourth-order valence-electron chi connectivity index (χ4n) is 2.46. The first kappa shape index (κ1) is 16.0. The van der Waals surface area contributed by atoms with E-state index in [1.807, 2.05) is 32.7 Å². The first-order valence-corrected chi connectivity index (χ1v) is 7.38. The van der Waals surface area contributed by atoms with E-state index in [-0.39, 0.29) is 5.91 Å². The monoisotopic (exact) mass is 312 g/mol. The van der Waals surface area contributed by atoms with E-state index >= 15 is 0 Å². The zero-order chi connectivity index (χ0) is 15.6. The molecule has 1 fully saturated rings. The van der Waals surface area contributed by atoms with Crippen molar-refractivity contribution in [3.05, 3.63) is 17.0 Å². The number of ether oxygens (including phenoxy) is 1. The molecule has 0 saturated carbocycles. The van der Waals surface area contributed by atoms with E-state index < -0.39 is 5.54 Å². The minimum absolute atomic E-state index is 0.0647.